The zero-order valence-corrected chi connectivity index (χ0v) is 14.5. The molecule has 0 saturated carbocycles. The molecule has 0 aliphatic carbocycles. The number of nitrogens with zero attached hydrogens (tertiary/aromatic N) is 1. The zero-order chi connectivity index (χ0) is 15.9. The molecule has 0 atom stereocenters. The summed E-state index contributed by atoms with van der Waals surface area (Å²) in [5.74, 6) is 0.174. The van der Waals surface area contributed by atoms with Crippen LogP contribution in [0.3, 0.4) is 0 Å². The van der Waals surface area contributed by atoms with Crippen molar-refractivity contribution in [3.8, 4) is 0 Å². The molecule has 0 bridgehead atoms. The van der Waals surface area contributed by atoms with Gasteiger partial charge in [0, 0.05) is 24.7 Å². The van der Waals surface area contributed by atoms with Crippen LogP contribution >= 0.6 is 11.6 Å². The third kappa shape index (κ3) is 6.78. The normalized spacial score (nSPS) is 12.3. The summed E-state index contributed by atoms with van der Waals surface area (Å²) in [4.78, 5) is 0. The molecule has 1 N–H and O–H groups in total. The van der Waals surface area contributed by atoms with E-state index in [4.69, 9.17) is 11.6 Å². The lowest BCUT2D eigenvalue weighted by molar-refractivity contribution is 0.463. The predicted molar refractivity (Wildman–Crippen MR) is 89.1 cm³/mol. The van der Waals surface area contributed by atoms with E-state index >= 15 is 0 Å². The van der Waals surface area contributed by atoms with Gasteiger partial charge in [-0.25, -0.2) is 12.7 Å². The Morgan fingerprint density at radius 3 is 2.52 bits per heavy atom. The maximum atomic E-state index is 12.2. The maximum absolute atomic E-state index is 12.2. The molecule has 0 aliphatic rings. The number of rotatable bonds is 9. The zero-order valence-electron chi connectivity index (χ0n) is 13.0. The van der Waals surface area contributed by atoms with Crippen molar-refractivity contribution in [2.24, 2.45) is 0 Å². The molecule has 1 rings (SSSR count). The molecule has 1 aromatic rings. The second kappa shape index (κ2) is 8.73. The van der Waals surface area contributed by atoms with Crippen LogP contribution in [-0.2, 0) is 16.6 Å². The largest absolute Gasteiger partial charge is 0.315 e. The summed E-state index contributed by atoms with van der Waals surface area (Å²) in [5, 5.41) is 3.88. The number of halogens is 1. The van der Waals surface area contributed by atoms with Gasteiger partial charge in [0.25, 0.3) is 0 Å². The van der Waals surface area contributed by atoms with Crippen molar-refractivity contribution in [3.05, 3.63) is 34.9 Å². The fourth-order valence-corrected chi connectivity index (χ4v) is 3.33. The Balaban J connectivity index is 2.45. The Morgan fingerprint density at radius 1 is 1.24 bits per heavy atom. The van der Waals surface area contributed by atoms with Gasteiger partial charge in [-0.15, -0.1) is 0 Å². The summed E-state index contributed by atoms with van der Waals surface area (Å²) in [6.45, 7) is 5.32. The van der Waals surface area contributed by atoms with E-state index in [9.17, 15) is 8.42 Å². The first-order chi connectivity index (χ1) is 9.83. The molecule has 4 nitrogen and oxygen atoms in total. The summed E-state index contributed by atoms with van der Waals surface area (Å²) in [6, 6.07) is 7.75. The van der Waals surface area contributed by atoms with Crippen LogP contribution in [0, 0.1) is 0 Å². The number of nitrogens with one attached hydrogen (secondary N) is 1. The van der Waals surface area contributed by atoms with Crippen molar-refractivity contribution < 1.29 is 8.42 Å². The summed E-state index contributed by atoms with van der Waals surface area (Å²) in [7, 11) is -1.63. The molecule has 0 unspecified atom stereocenters. The van der Waals surface area contributed by atoms with Crippen LogP contribution in [0.15, 0.2) is 24.3 Å². The Labute approximate surface area is 133 Å². The number of unbranched alkanes of at least 4 members (excludes halogenated alkanes) is 1. The number of hydrogen-bond acceptors (Lipinski definition) is 3. The SMILES string of the molecule is CC(C)NCCCCS(=O)(=O)N(C)Cc1ccccc1Cl. The van der Waals surface area contributed by atoms with E-state index < -0.39 is 10.0 Å². The van der Waals surface area contributed by atoms with E-state index in [1.807, 2.05) is 18.2 Å². The smallest absolute Gasteiger partial charge is 0.214 e. The highest BCUT2D eigenvalue weighted by atomic mass is 35.5. The van der Waals surface area contributed by atoms with Crippen LogP contribution in [0.25, 0.3) is 0 Å². The quantitative estimate of drug-likeness (QED) is 0.707. The minimum absolute atomic E-state index is 0.174. The van der Waals surface area contributed by atoms with Gasteiger partial charge in [0.2, 0.25) is 10.0 Å². The first-order valence-electron chi connectivity index (χ1n) is 7.23. The third-order valence-electron chi connectivity index (χ3n) is 3.21. The summed E-state index contributed by atoms with van der Waals surface area (Å²) < 4.78 is 25.8. The molecular weight excluding hydrogens is 308 g/mol. The Kier molecular flexibility index (Phi) is 7.66. The van der Waals surface area contributed by atoms with Gasteiger partial charge in [0.1, 0.15) is 0 Å². The minimum Gasteiger partial charge on any atom is -0.315 e. The molecule has 0 heterocycles. The molecule has 0 aliphatic heterocycles. The second-order valence-electron chi connectivity index (χ2n) is 5.48. The van der Waals surface area contributed by atoms with Gasteiger partial charge in [-0.1, -0.05) is 43.6 Å². The molecular formula is C15H25ClN2O2S. The standard InChI is InChI=1S/C15H25ClN2O2S/c1-13(2)17-10-6-7-11-21(19,20)18(3)12-14-8-4-5-9-15(14)16/h4-5,8-9,13,17H,6-7,10-12H2,1-3H3. The van der Waals surface area contributed by atoms with Crippen LogP contribution in [0.4, 0.5) is 0 Å². The molecule has 6 heteroatoms. The highest BCUT2D eigenvalue weighted by molar-refractivity contribution is 7.89. The lowest BCUT2D eigenvalue weighted by Crippen LogP contribution is -2.29. The molecule has 21 heavy (non-hydrogen) atoms. The van der Waals surface area contributed by atoms with E-state index in [-0.39, 0.29) is 5.75 Å². The minimum atomic E-state index is -3.23. The average molecular weight is 333 g/mol. The highest BCUT2D eigenvalue weighted by Crippen LogP contribution is 2.18. The van der Waals surface area contributed by atoms with Gasteiger partial charge in [-0.2, -0.15) is 0 Å². The van der Waals surface area contributed by atoms with Gasteiger partial charge in [-0.3, -0.25) is 0 Å². The van der Waals surface area contributed by atoms with Crippen LogP contribution in [0.5, 0.6) is 0 Å². The second-order valence-corrected chi connectivity index (χ2v) is 8.08. The number of hydrogen-bond donors (Lipinski definition) is 1. The Morgan fingerprint density at radius 2 is 1.90 bits per heavy atom. The van der Waals surface area contributed by atoms with Gasteiger partial charge in [0.05, 0.1) is 5.75 Å². The van der Waals surface area contributed by atoms with E-state index in [2.05, 4.69) is 19.2 Å². The van der Waals surface area contributed by atoms with Crippen molar-refractivity contribution >= 4 is 21.6 Å². The van der Waals surface area contributed by atoms with Crippen molar-refractivity contribution in [3.63, 3.8) is 0 Å². The highest BCUT2D eigenvalue weighted by Gasteiger charge is 2.18. The van der Waals surface area contributed by atoms with Gasteiger partial charge in [-0.05, 0) is 31.0 Å². The first-order valence-corrected chi connectivity index (χ1v) is 9.22. The number of sulfonamides is 1. The Hall–Kier alpha value is -0.620. The van der Waals surface area contributed by atoms with Crippen LogP contribution < -0.4 is 5.32 Å². The summed E-state index contributed by atoms with van der Waals surface area (Å²) in [6.07, 6.45) is 1.52. The molecule has 0 aromatic heterocycles. The van der Waals surface area contributed by atoms with Crippen molar-refractivity contribution in [1.29, 1.82) is 0 Å². The molecule has 0 radical (unpaired) electrons. The van der Waals surface area contributed by atoms with Crippen LogP contribution in [0.2, 0.25) is 5.02 Å². The van der Waals surface area contributed by atoms with Crippen LogP contribution in [0.1, 0.15) is 32.3 Å². The van der Waals surface area contributed by atoms with Crippen molar-refractivity contribution in [2.45, 2.75) is 39.3 Å². The first kappa shape index (κ1) is 18.4. The third-order valence-corrected chi connectivity index (χ3v) is 5.46. The van der Waals surface area contributed by atoms with E-state index in [0.29, 0.717) is 24.0 Å². The number of benzene rings is 1. The van der Waals surface area contributed by atoms with Gasteiger partial charge < -0.3 is 5.32 Å². The van der Waals surface area contributed by atoms with E-state index in [1.165, 1.54) is 4.31 Å². The van der Waals surface area contributed by atoms with Crippen LogP contribution in [-0.4, -0.2) is 38.1 Å². The van der Waals surface area contributed by atoms with Crippen molar-refractivity contribution in [1.82, 2.24) is 9.62 Å². The van der Waals surface area contributed by atoms with E-state index in [1.54, 1.807) is 13.1 Å². The topological polar surface area (TPSA) is 49.4 Å². The van der Waals surface area contributed by atoms with Gasteiger partial charge in [0.15, 0.2) is 0 Å². The molecule has 1 aromatic carbocycles. The lowest BCUT2D eigenvalue weighted by Gasteiger charge is -2.18. The average Bonchev–Trinajstić information content (AvgIpc) is 2.40. The fourth-order valence-electron chi connectivity index (χ4n) is 1.92. The molecule has 0 amide bonds. The summed E-state index contributed by atoms with van der Waals surface area (Å²) >= 11 is 6.06. The molecule has 0 saturated heterocycles. The van der Waals surface area contributed by atoms with Crippen molar-refractivity contribution in [2.75, 3.05) is 19.3 Å². The van der Waals surface area contributed by atoms with Gasteiger partial charge >= 0.3 is 0 Å². The monoisotopic (exact) mass is 332 g/mol. The fraction of sp³-hybridized carbons (Fsp3) is 0.600. The molecule has 0 fully saturated rings. The Bertz CT molecular complexity index is 532. The predicted octanol–water partition coefficient (Wildman–Crippen LogP) is 2.88. The van der Waals surface area contributed by atoms with E-state index in [0.717, 1.165) is 18.5 Å². The lowest BCUT2D eigenvalue weighted by atomic mass is 10.2. The summed E-state index contributed by atoms with van der Waals surface area (Å²) in [5.41, 5.74) is 0.826. The molecule has 0 spiro atoms. The molecule has 120 valence electrons. The maximum Gasteiger partial charge on any atom is 0.214 e.